The van der Waals surface area contributed by atoms with Crippen LogP contribution in [0.25, 0.3) is 0 Å². The summed E-state index contributed by atoms with van der Waals surface area (Å²) in [6.07, 6.45) is 8.33. The number of hydrogen-bond donors (Lipinski definition) is 0. The van der Waals surface area contributed by atoms with E-state index >= 15 is 0 Å². The van der Waals surface area contributed by atoms with Crippen molar-refractivity contribution in [2.45, 2.75) is 18.1 Å². The lowest BCUT2D eigenvalue weighted by molar-refractivity contribution is -0.172. The molecule has 8 nitrogen and oxygen atoms in total. The van der Waals surface area contributed by atoms with E-state index < -0.39 is 5.60 Å². The lowest BCUT2D eigenvalue weighted by atomic mass is 9.83. The van der Waals surface area contributed by atoms with Gasteiger partial charge in [-0.05, 0) is 41.5 Å². The van der Waals surface area contributed by atoms with Crippen LogP contribution in [0.1, 0.15) is 27.6 Å². The molecule has 0 N–H and O–H groups in total. The molecular formula is C23H22N4O4. The van der Waals surface area contributed by atoms with E-state index in [0.717, 1.165) is 11.1 Å². The Balaban J connectivity index is 1.48. The van der Waals surface area contributed by atoms with E-state index in [1.54, 1.807) is 41.8 Å². The van der Waals surface area contributed by atoms with Crippen LogP contribution in [-0.4, -0.2) is 63.4 Å². The molecule has 1 spiro atoms. The van der Waals surface area contributed by atoms with Crippen LogP contribution in [0.2, 0.25) is 0 Å². The van der Waals surface area contributed by atoms with Gasteiger partial charge in [0.1, 0.15) is 0 Å². The molecule has 2 aliphatic rings. The molecule has 0 aliphatic carbocycles. The molecule has 2 atom stereocenters. The second-order valence-corrected chi connectivity index (χ2v) is 7.82. The van der Waals surface area contributed by atoms with Crippen molar-refractivity contribution < 1.29 is 18.7 Å². The van der Waals surface area contributed by atoms with Crippen LogP contribution >= 0.6 is 0 Å². The third-order valence-electron chi connectivity index (χ3n) is 5.99. The minimum atomic E-state index is -1.16. The van der Waals surface area contributed by atoms with Crippen molar-refractivity contribution in [2.75, 3.05) is 26.2 Å². The second kappa shape index (κ2) is 7.96. The Bertz CT molecular complexity index is 1060. The molecule has 3 aromatic heterocycles. The molecule has 0 bridgehead atoms. The average Bonchev–Trinajstić information content (AvgIpc) is 3.47. The lowest BCUT2D eigenvalue weighted by Crippen LogP contribution is -2.60. The maximum atomic E-state index is 13.8. The van der Waals surface area contributed by atoms with Crippen LogP contribution in [-0.2, 0) is 16.1 Å². The van der Waals surface area contributed by atoms with Gasteiger partial charge in [-0.15, -0.1) is 0 Å². The van der Waals surface area contributed by atoms with Gasteiger partial charge in [0.2, 0.25) is 0 Å². The Morgan fingerprint density at radius 1 is 1.13 bits per heavy atom. The monoisotopic (exact) mass is 418 g/mol. The van der Waals surface area contributed by atoms with Gasteiger partial charge in [0.05, 0.1) is 19.4 Å². The molecule has 158 valence electrons. The summed E-state index contributed by atoms with van der Waals surface area (Å²) in [5.41, 5.74) is 0.715. The molecule has 2 amide bonds. The van der Waals surface area contributed by atoms with Crippen molar-refractivity contribution in [1.29, 1.82) is 0 Å². The van der Waals surface area contributed by atoms with Crippen LogP contribution in [0.4, 0.5) is 0 Å². The standard InChI is InChI=1S/C23H22N4O4/c28-21(20-4-2-11-30-20)27-15-19(18-3-1-7-25-13-18)23(16-27)22(29)26(10-12-31-23)14-17-5-8-24-9-6-17/h1-9,11,13,19H,10,12,14-16H2. The van der Waals surface area contributed by atoms with Gasteiger partial charge in [-0.2, -0.15) is 0 Å². The average molecular weight is 418 g/mol. The number of hydrogen-bond acceptors (Lipinski definition) is 6. The van der Waals surface area contributed by atoms with Gasteiger partial charge in [0.15, 0.2) is 11.4 Å². The van der Waals surface area contributed by atoms with Crippen molar-refractivity contribution in [1.82, 2.24) is 19.8 Å². The summed E-state index contributed by atoms with van der Waals surface area (Å²) in [7, 11) is 0. The van der Waals surface area contributed by atoms with E-state index in [1.165, 1.54) is 6.26 Å². The fourth-order valence-electron chi connectivity index (χ4n) is 4.48. The van der Waals surface area contributed by atoms with Gasteiger partial charge >= 0.3 is 0 Å². The molecule has 0 radical (unpaired) electrons. The molecule has 2 unspecified atom stereocenters. The highest BCUT2D eigenvalue weighted by Crippen LogP contribution is 2.42. The zero-order valence-electron chi connectivity index (χ0n) is 16.9. The normalized spacial score (nSPS) is 23.5. The third-order valence-corrected chi connectivity index (χ3v) is 5.99. The van der Waals surface area contributed by atoms with Gasteiger partial charge in [-0.25, -0.2) is 0 Å². The number of rotatable bonds is 4. The molecule has 0 aromatic carbocycles. The van der Waals surface area contributed by atoms with Crippen molar-refractivity contribution in [3.8, 4) is 0 Å². The van der Waals surface area contributed by atoms with Crippen molar-refractivity contribution >= 4 is 11.8 Å². The molecule has 31 heavy (non-hydrogen) atoms. The maximum Gasteiger partial charge on any atom is 0.289 e. The maximum absolute atomic E-state index is 13.8. The van der Waals surface area contributed by atoms with Gasteiger partial charge in [0, 0.05) is 50.3 Å². The van der Waals surface area contributed by atoms with Gasteiger partial charge in [-0.1, -0.05) is 6.07 Å². The van der Waals surface area contributed by atoms with Crippen LogP contribution in [0.3, 0.4) is 0 Å². The molecule has 5 heterocycles. The third kappa shape index (κ3) is 3.48. The fraction of sp³-hybridized carbons (Fsp3) is 0.304. The first-order valence-corrected chi connectivity index (χ1v) is 10.2. The number of ether oxygens (including phenoxy) is 1. The predicted octanol–water partition coefficient (Wildman–Crippen LogP) is 2.11. The smallest absolute Gasteiger partial charge is 0.289 e. The molecular weight excluding hydrogens is 396 g/mol. The second-order valence-electron chi connectivity index (χ2n) is 7.82. The van der Waals surface area contributed by atoms with Crippen LogP contribution in [0.15, 0.2) is 71.9 Å². The highest BCUT2D eigenvalue weighted by Gasteiger charge is 2.58. The minimum Gasteiger partial charge on any atom is -0.459 e. The van der Waals surface area contributed by atoms with E-state index in [0.29, 0.717) is 26.2 Å². The fourth-order valence-corrected chi connectivity index (χ4v) is 4.48. The lowest BCUT2D eigenvalue weighted by Gasteiger charge is -2.42. The van der Waals surface area contributed by atoms with E-state index in [4.69, 9.17) is 9.15 Å². The molecule has 8 heteroatoms. The number of furan rings is 1. The van der Waals surface area contributed by atoms with Gasteiger partial charge in [0.25, 0.3) is 11.8 Å². The number of amides is 2. The minimum absolute atomic E-state index is 0.112. The number of carbonyl (C=O) groups is 2. The highest BCUT2D eigenvalue weighted by atomic mass is 16.5. The number of likely N-dealkylation sites (tertiary alicyclic amines) is 1. The first-order chi connectivity index (χ1) is 15.2. The van der Waals surface area contributed by atoms with E-state index in [2.05, 4.69) is 9.97 Å². The molecule has 2 aliphatic heterocycles. The Hall–Kier alpha value is -3.52. The SMILES string of the molecule is O=C(c1ccco1)N1CC(c2cccnc2)C2(C1)OCCN(Cc1ccncc1)C2=O. The predicted molar refractivity (Wildman–Crippen MR) is 110 cm³/mol. The molecule has 2 fully saturated rings. The number of nitrogens with zero attached hydrogens (tertiary/aromatic N) is 4. The quantitative estimate of drug-likeness (QED) is 0.645. The largest absolute Gasteiger partial charge is 0.459 e. The number of pyridine rings is 2. The van der Waals surface area contributed by atoms with Crippen molar-refractivity contribution in [2.24, 2.45) is 0 Å². The highest BCUT2D eigenvalue weighted by molar-refractivity contribution is 5.94. The summed E-state index contributed by atoms with van der Waals surface area (Å²) in [5.74, 6) is -0.440. The van der Waals surface area contributed by atoms with Gasteiger partial charge in [-0.3, -0.25) is 19.6 Å². The Morgan fingerprint density at radius 2 is 2.00 bits per heavy atom. The van der Waals surface area contributed by atoms with Crippen LogP contribution < -0.4 is 0 Å². The van der Waals surface area contributed by atoms with Crippen LogP contribution in [0.5, 0.6) is 0 Å². The molecule has 5 rings (SSSR count). The Kier molecular flexibility index (Phi) is 4.99. The Labute approximate surface area is 179 Å². The van der Waals surface area contributed by atoms with Crippen molar-refractivity contribution in [3.63, 3.8) is 0 Å². The van der Waals surface area contributed by atoms with E-state index in [9.17, 15) is 9.59 Å². The summed E-state index contributed by atoms with van der Waals surface area (Å²) in [6.45, 7) is 1.88. The zero-order valence-corrected chi connectivity index (χ0v) is 16.9. The number of morpholine rings is 1. The summed E-state index contributed by atoms with van der Waals surface area (Å²) >= 11 is 0. The summed E-state index contributed by atoms with van der Waals surface area (Å²) in [6, 6.07) is 10.9. The summed E-state index contributed by atoms with van der Waals surface area (Å²) in [5, 5.41) is 0. The Morgan fingerprint density at radius 3 is 2.74 bits per heavy atom. The van der Waals surface area contributed by atoms with E-state index in [1.807, 2.05) is 29.2 Å². The molecule has 0 saturated carbocycles. The number of carbonyl (C=O) groups excluding carboxylic acids is 2. The van der Waals surface area contributed by atoms with E-state index in [-0.39, 0.29) is 30.0 Å². The number of aromatic nitrogens is 2. The van der Waals surface area contributed by atoms with Crippen molar-refractivity contribution in [3.05, 3.63) is 84.3 Å². The first kappa shape index (κ1) is 19.4. The molecule has 3 aromatic rings. The molecule has 2 saturated heterocycles. The summed E-state index contributed by atoms with van der Waals surface area (Å²) in [4.78, 5) is 38.5. The summed E-state index contributed by atoms with van der Waals surface area (Å²) < 4.78 is 11.5. The van der Waals surface area contributed by atoms with Gasteiger partial charge < -0.3 is 19.0 Å². The van der Waals surface area contributed by atoms with Crippen LogP contribution in [0, 0.1) is 0 Å². The first-order valence-electron chi connectivity index (χ1n) is 10.2. The topological polar surface area (TPSA) is 88.8 Å². The zero-order chi connectivity index (χ0) is 21.3.